The van der Waals surface area contributed by atoms with Gasteiger partial charge in [-0.2, -0.15) is 0 Å². The highest BCUT2D eigenvalue weighted by Crippen LogP contribution is 2.24. The summed E-state index contributed by atoms with van der Waals surface area (Å²) in [6, 6.07) is 8.09. The molecule has 0 unspecified atom stereocenters. The van der Waals surface area contributed by atoms with Crippen LogP contribution in [0.5, 0.6) is 0 Å². The Hall–Kier alpha value is -1.68. The average Bonchev–Trinajstić information content (AvgIpc) is 2.93. The molecule has 0 bridgehead atoms. The van der Waals surface area contributed by atoms with Crippen molar-refractivity contribution in [3.8, 4) is 11.5 Å². The maximum atomic E-state index is 8.97. The number of hydrogen-bond acceptors (Lipinski definition) is 4. The first-order valence-electron chi connectivity index (χ1n) is 6.86. The van der Waals surface area contributed by atoms with Gasteiger partial charge in [-0.05, 0) is 24.5 Å². The van der Waals surface area contributed by atoms with Gasteiger partial charge in [-0.25, -0.2) is 0 Å². The lowest BCUT2D eigenvalue weighted by molar-refractivity contribution is 0.241. The van der Waals surface area contributed by atoms with Crippen molar-refractivity contribution < 1.29 is 9.52 Å². The van der Waals surface area contributed by atoms with Gasteiger partial charge in [-0.15, -0.1) is 10.2 Å². The van der Waals surface area contributed by atoms with Crippen LogP contribution in [0.25, 0.3) is 11.5 Å². The molecular formula is C15H20N2O2. The van der Waals surface area contributed by atoms with Crippen LogP contribution < -0.4 is 0 Å². The van der Waals surface area contributed by atoms with Crippen molar-refractivity contribution in [1.82, 2.24) is 10.2 Å². The fourth-order valence-electron chi connectivity index (χ4n) is 2.12. The minimum atomic E-state index is -0.217. The van der Waals surface area contributed by atoms with Crippen LogP contribution in [0, 0.1) is 0 Å². The summed E-state index contributed by atoms with van der Waals surface area (Å²) < 4.78 is 5.41. The Kier molecular flexibility index (Phi) is 5.10. The monoisotopic (exact) mass is 260 g/mol. The van der Waals surface area contributed by atoms with Gasteiger partial charge in [0.25, 0.3) is 0 Å². The number of hydrogen-bond donors (Lipinski definition) is 1. The molecule has 0 atom stereocenters. The van der Waals surface area contributed by atoms with Crippen LogP contribution in [0.2, 0.25) is 0 Å². The van der Waals surface area contributed by atoms with Crippen LogP contribution in [0.15, 0.2) is 28.7 Å². The van der Waals surface area contributed by atoms with Gasteiger partial charge in [0.1, 0.15) is 6.61 Å². The Morgan fingerprint density at radius 1 is 1.11 bits per heavy atom. The van der Waals surface area contributed by atoms with E-state index in [0.29, 0.717) is 5.89 Å². The summed E-state index contributed by atoms with van der Waals surface area (Å²) in [6.45, 7) is 1.99. The van der Waals surface area contributed by atoms with Gasteiger partial charge in [-0.1, -0.05) is 44.4 Å². The van der Waals surface area contributed by atoms with E-state index < -0.39 is 0 Å². The lowest BCUT2D eigenvalue weighted by Crippen LogP contribution is -1.91. The number of rotatable bonds is 7. The summed E-state index contributed by atoms with van der Waals surface area (Å²) in [5.74, 6) is 0.755. The van der Waals surface area contributed by atoms with Crippen molar-refractivity contribution in [2.75, 3.05) is 0 Å². The van der Waals surface area contributed by atoms with Crippen LogP contribution in [0.4, 0.5) is 0 Å². The molecule has 2 rings (SSSR count). The molecule has 0 radical (unpaired) electrons. The maximum absolute atomic E-state index is 8.97. The van der Waals surface area contributed by atoms with Gasteiger partial charge < -0.3 is 9.52 Å². The molecule has 0 aliphatic heterocycles. The molecule has 2 aromatic rings. The van der Waals surface area contributed by atoms with E-state index in [2.05, 4.69) is 23.2 Å². The third kappa shape index (κ3) is 3.64. The number of unbranched alkanes of at least 4 members (excludes halogenated alkanes) is 3. The summed E-state index contributed by atoms with van der Waals surface area (Å²) >= 11 is 0. The summed E-state index contributed by atoms with van der Waals surface area (Å²) in [7, 11) is 0. The predicted octanol–water partition coefficient (Wildman–Crippen LogP) is 3.35. The topological polar surface area (TPSA) is 59.2 Å². The van der Waals surface area contributed by atoms with E-state index in [4.69, 9.17) is 9.52 Å². The summed E-state index contributed by atoms with van der Waals surface area (Å²) in [6.07, 6.45) is 5.96. The van der Waals surface area contributed by atoms with Crippen molar-refractivity contribution in [2.24, 2.45) is 0 Å². The number of aliphatic hydroxyl groups excluding tert-OH is 1. The first-order chi connectivity index (χ1) is 9.35. The fraction of sp³-hybridized carbons (Fsp3) is 0.467. The van der Waals surface area contributed by atoms with Crippen molar-refractivity contribution in [3.05, 3.63) is 35.7 Å². The van der Waals surface area contributed by atoms with E-state index in [-0.39, 0.29) is 12.5 Å². The van der Waals surface area contributed by atoms with Gasteiger partial charge in [0.2, 0.25) is 11.8 Å². The van der Waals surface area contributed by atoms with Gasteiger partial charge in [-0.3, -0.25) is 0 Å². The molecule has 0 fully saturated rings. The molecule has 1 aromatic heterocycles. The first-order valence-corrected chi connectivity index (χ1v) is 6.86. The highest BCUT2D eigenvalue weighted by Gasteiger charge is 2.11. The smallest absolute Gasteiger partial charge is 0.248 e. The second-order valence-electron chi connectivity index (χ2n) is 4.63. The number of aromatic nitrogens is 2. The second kappa shape index (κ2) is 7.04. The van der Waals surface area contributed by atoms with Crippen molar-refractivity contribution >= 4 is 0 Å². The lowest BCUT2D eigenvalue weighted by atomic mass is 10.0. The van der Waals surface area contributed by atoms with E-state index in [1.165, 1.54) is 31.2 Å². The minimum Gasteiger partial charge on any atom is -0.418 e. The Balaban J connectivity index is 2.11. The molecule has 0 saturated carbocycles. The molecule has 4 nitrogen and oxygen atoms in total. The van der Waals surface area contributed by atoms with Gasteiger partial charge in [0, 0.05) is 5.56 Å². The minimum absolute atomic E-state index is 0.217. The normalized spacial score (nSPS) is 10.8. The zero-order valence-electron chi connectivity index (χ0n) is 11.3. The van der Waals surface area contributed by atoms with E-state index in [1.807, 2.05) is 18.2 Å². The van der Waals surface area contributed by atoms with Gasteiger partial charge in [0.05, 0.1) is 0 Å². The second-order valence-corrected chi connectivity index (χ2v) is 4.63. The molecule has 0 spiro atoms. The SMILES string of the molecule is CCCCCCc1ccccc1-c1nnc(CO)o1. The van der Waals surface area contributed by atoms with Crippen molar-refractivity contribution in [1.29, 1.82) is 0 Å². The number of benzene rings is 1. The number of aliphatic hydroxyl groups is 1. The molecule has 19 heavy (non-hydrogen) atoms. The average molecular weight is 260 g/mol. The van der Waals surface area contributed by atoms with Crippen molar-refractivity contribution in [2.45, 2.75) is 45.6 Å². The number of aryl methyl sites for hydroxylation is 1. The summed E-state index contributed by atoms with van der Waals surface area (Å²) in [5.41, 5.74) is 2.21. The maximum Gasteiger partial charge on any atom is 0.248 e. The van der Waals surface area contributed by atoms with Crippen LogP contribution in [0.1, 0.15) is 44.1 Å². The molecule has 1 heterocycles. The molecule has 0 amide bonds. The zero-order chi connectivity index (χ0) is 13.5. The van der Waals surface area contributed by atoms with E-state index >= 15 is 0 Å². The molecule has 1 aromatic carbocycles. The third-order valence-electron chi connectivity index (χ3n) is 3.15. The van der Waals surface area contributed by atoms with Gasteiger partial charge in [0.15, 0.2) is 0 Å². The quantitative estimate of drug-likeness (QED) is 0.775. The molecule has 0 saturated heterocycles. The predicted molar refractivity (Wildman–Crippen MR) is 73.5 cm³/mol. The van der Waals surface area contributed by atoms with Crippen LogP contribution >= 0.6 is 0 Å². The highest BCUT2D eigenvalue weighted by molar-refractivity contribution is 5.58. The fourth-order valence-corrected chi connectivity index (χ4v) is 2.12. The lowest BCUT2D eigenvalue weighted by Gasteiger charge is -2.05. The Bertz CT molecular complexity index is 508. The number of nitrogens with zero attached hydrogens (tertiary/aromatic N) is 2. The Morgan fingerprint density at radius 2 is 1.95 bits per heavy atom. The highest BCUT2D eigenvalue weighted by atomic mass is 16.4. The molecule has 4 heteroatoms. The Morgan fingerprint density at radius 3 is 2.68 bits per heavy atom. The van der Waals surface area contributed by atoms with E-state index in [0.717, 1.165) is 12.0 Å². The van der Waals surface area contributed by atoms with Crippen LogP contribution in [0.3, 0.4) is 0 Å². The summed E-state index contributed by atoms with van der Waals surface area (Å²) in [5, 5.41) is 16.8. The largest absolute Gasteiger partial charge is 0.418 e. The standard InChI is InChI=1S/C15H20N2O2/c1-2-3-4-5-8-12-9-6-7-10-13(12)15-17-16-14(11-18)19-15/h6-7,9-10,18H,2-5,8,11H2,1H3. The van der Waals surface area contributed by atoms with Crippen molar-refractivity contribution in [3.63, 3.8) is 0 Å². The summed E-state index contributed by atoms with van der Waals surface area (Å²) in [4.78, 5) is 0. The van der Waals surface area contributed by atoms with E-state index in [9.17, 15) is 0 Å². The zero-order valence-corrected chi connectivity index (χ0v) is 11.3. The molecular weight excluding hydrogens is 240 g/mol. The Labute approximate surface area is 113 Å². The van der Waals surface area contributed by atoms with E-state index in [1.54, 1.807) is 0 Å². The van der Waals surface area contributed by atoms with Crippen LogP contribution in [-0.2, 0) is 13.0 Å². The molecule has 102 valence electrons. The van der Waals surface area contributed by atoms with Gasteiger partial charge >= 0.3 is 0 Å². The molecule has 1 N–H and O–H groups in total. The molecule has 0 aliphatic carbocycles. The first kappa shape index (κ1) is 13.7. The third-order valence-corrected chi connectivity index (χ3v) is 3.15. The molecule has 0 aliphatic rings. The van der Waals surface area contributed by atoms with Crippen LogP contribution in [-0.4, -0.2) is 15.3 Å².